The van der Waals surface area contributed by atoms with Crippen LogP contribution in [-0.4, -0.2) is 19.9 Å². The van der Waals surface area contributed by atoms with Gasteiger partial charge in [-0.25, -0.2) is 13.1 Å². The molecule has 1 saturated carbocycles. The van der Waals surface area contributed by atoms with Crippen LogP contribution in [0.5, 0.6) is 0 Å². The average Bonchev–Trinajstić information content (AvgIpc) is 2.96. The van der Waals surface area contributed by atoms with Crippen LogP contribution in [0.4, 0.5) is 5.69 Å². The quantitative estimate of drug-likeness (QED) is 0.820. The van der Waals surface area contributed by atoms with Crippen LogP contribution >= 0.6 is 0 Å². The Morgan fingerprint density at radius 3 is 2.50 bits per heavy atom. The molecular formula is C18H28N2O3S. The zero-order chi connectivity index (χ0) is 17.8. The van der Waals surface area contributed by atoms with Gasteiger partial charge in [0.15, 0.2) is 0 Å². The van der Waals surface area contributed by atoms with Gasteiger partial charge in [0.25, 0.3) is 0 Å². The van der Waals surface area contributed by atoms with Crippen LogP contribution in [0.1, 0.15) is 59.3 Å². The van der Waals surface area contributed by atoms with Crippen LogP contribution in [0.2, 0.25) is 0 Å². The van der Waals surface area contributed by atoms with Gasteiger partial charge in [-0.3, -0.25) is 4.79 Å². The number of amides is 1. The Kier molecular flexibility index (Phi) is 6.04. The number of benzene rings is 1. The average molecular weight is 353 g/mol. The van der Waals surface area contributed by atoms with Crippen molar-refractivity contribution < 1.29 is 13.2 Å². The summed E-state index contributed by atoms with van der Waals surface area (Å²) < 4.78 is 27.3. The zero-order valence-electron chi connectivity index (χ0n) is 14.8. The van der Waals surface area contributed by atoms with Crippen molar-refractivity contribution in [2.75, 3.05) is 5.32 Å². The molecule has 1 aliphatic rings. The Balaban J connectivity index is 1.98. The predicted molar refractivity (Wildman–Crippen MR) is 96.3 cm³/mol. The Hall–Kier alpha value is -1.40. The summed E-state index contributed by atoms with van der Waals surface area (Å²) in [6.45, 7) is 5.37. The fraction of sp³-hybridized carbons (Fsp3) is 0.611. The SMILES string of the molecule is CC(C)(C)NS(=O)(=O)c1cccc(NC(=O)CCC2CCCC2)c1. The summed E-state index contributed by atoms with van der Waals surface area (Å²) in [6, 6.07) is 6.39. The van der Waals surface area contributed by atoms with E-state index >= 15 is 0 Å². The van der Waals surface area contributed by atoms with Gasteiger partial charge in [0.2, 0.25) is 15.9 Å². The van der Waals surface area contributed by atoms with Gasteiger partial charge in [-0.1, -0.05) is 31.7 Å². The zero-order valence-corrected chi connectivity index (χ0v) is 15.6. The van der Waals surface area contributed by atoms with Gasteiger partial charge in [0.05, 0.1) is 4.90 Å². The Labute approximate surface area is 145 Å². The lowest BCUT2D eigenvalue weighted by Crippen LogP contribution is -2.40. The van der Waals surface area contributed by atoms with E-state index < -0.39 is 15.6 Å². The third-order valence-corrected chi connectivity index (χ3v) is 5.88. The van der Waals surface area contributed by atoms with Crippen molar-refractivity contribution in [3.63, 3.8) is 0 Å². The molecule has 1 amide bonds. The summed E-state index contributed by atoms with van der Waals surface area (Å²) in [5.74, 6) is 0.610. The van der Waals surface area contributed by atoms with Crippen molar-refractivity contribution in [3.05, 3.63) is 24.3 Å². The molecule has 2 rings (SSSR count). The molecule has 134 valence electrons. The predicted octanol–water partition coefficient (Wildman–Crippen LogP) is 3.67. The van der Waals surface area contributed by atoms with Crippen LogP contribution in [0, 0.1) is 5.92 Å². The maximum absolute atomic E-state index is 12.4. The number of carbonyl (C=O) groups excluding carboxylic acids is 1. The molecule has 5 nitrogen and oxygen atoms in total. The molecule has 0 atom stereocenters. The summed E-state index contributed by atoms with van der Waals surface area (Å²) in [4.78, 5) is 12.2. The van der Waals surface area contributed by atoms with E-state index in [0.29, 0.717) is 18.0 Å². The van der Waals surface area contributed by atoms with Crippen molar-refractivity contribution in [1.82, 2.24) is 4.72 Å². The molecule has 0 bridgehead atoms. The lowest BCUT2D eigenvalue weighted by Gasteiger charge is -2.20. The van der Waals surface area contributed by atoms with Crippen LogP contribution < -0.4 is 10.0 Å². The summed E-state index contributed by atoms with van der Waals surface area (Å²) in [5, 5.41) is 2.81. The highest BCUT2D eigenvalue weighted by atomic mass is 32.2. The van der Waals surface area contributed by atoms with E-state index in [4.69, 9.17) is 0 Å². The Morgan fingerprint density at radius 1 is 1.21 bits per heavy atom. The number of rotatable bonds is 6. The number of hydrogen-bond donors (Lipinski definition) is 2. The van der Waals surface area contributed by atoms with Crippen molar-refractivity contribution in [2.24, 2.45) is 5.92 Å². The topological polar surface area (TPSA) is 75.3 Å². The number of sulfonamides is 1. The summed E-state index contributed by atoms with van der Waals surface area (Å²) >= 11 is 0. The van der Waals surface area contributed by atoms with Crippen LogP contribution in [0.25, 0.3) is 0 Å². The number of hydrogen-bond acceptors (Lipinski definition) is 3. The first-order chi connectivity index (χ1) is 11.2. The second-order valence-corrected chi connectivity index (χ2v) is 9.30. The highest BCUT2D eigenvalue weighted by molar-refractivity contribution is 7.89. The molecule has 0 radical (unpaired) electrons. The summed E-state index contributed by atoms with van der Waals surface area (Å²) in [5.41, 5.74) is -0.0393. The fourth-order valence-corrected chi connectivity index (χ4v) is 4.52. The first kappa shape index (κ1) is 18.9. The molecule has 0 saturated heterocycles. The van der Waals surface area contributed by atoms with Gasteiger partial charge in [0, 0.05) is 17.6 Å². The minimum atomic E-state index is -3.60. The Bertz CT molecular complexity index is 672. The third kappa shape index (κ3) is 5.91. The molecule has 0 spiro atoms. The minimum absolute atomic E-state index is 0.0553. The first-order valence-electron chi connectivity index (χ1n) is 8.60. The molecule has 6 heteroatoms. The fourth-order valence-electron chi connectivity index (χ4n) is 3.06. The van der Waals surface area contributed by atoms with Gasteiger partial charge in [-0.05, 0) is 51.3 Å². The molecular weight excluding hydrogens is 324 g/mol. The molecule has 1 fully saturated rings. The molecule has 0 unspecified atom stereocenters. The molecule has 0 heterocycles. The second-order valence-electron chi connectivity index (χ2n) is 7.62. The normalized spacial score (nSPS) is 16.3. The van der Waals surface area contributed by atoms with Crippen LogP contribution in [-0.2, 0) is 14.8 Å². The van der Waals surface area contributed by atoms with Gasteiger partial charge >= 0.3 is 0 Å². The van der Waals surface area contributed by atoms with Gasteiger partial charge in [0.1, 0.15) is 0 Å². The van der Waals surface area contributed by atoms with Gasteiger partial charge < -0.3 is 5.32 Å². The molecule has 1 aromatic rings. The largest absolute Gasteiger partial charge is 0.326 e. The van der Waals surface area contributed by atoms with E-state index in [-0.39, 0.29) is 10.8 Å². The van der Waals surface area contributed by atoms with E-state index in [1.165, 1.54) is 37.8 Å². The molecule has 1 aliphatic carbocycles. The highest BCUT2D eigenvalue weighted by Gasteiger charge is 2.22. The Morgan fingerprint density at radius 2 is 1.88 bits per heavy atom. The van der Waals surface area contributed by atoms with E-state index in [1.54, 1.807) is 32.9 Å². The number of carbonyl (C=O) groups is 1. The molecule has 24 heavy (non-hydrogen) atoms. The number of nitrogens with one attached hydrogen (secondary N) is 2. The van der Waals surface area contributed by atoms with Gasteiger partial charge in [-0.2, -0.15) is 0 Å². The maximum atomic E-state index is 12.4. The van der Waals surface area contributed by atoms with E-state index in [0.717, 1.165) is 6.42 Å². The summed E-state index contributed by atoms with van der Waals surface area (Å²) in [7, 11) is -3.60. The van der Waals surface area contributed by atoms with Crippen molar-refractivity contribution in [1.29, 1.82) is 0 Å². The van der Waals surface area contributed by atoms with Crippen molar-refractivity contribution >= 4 is 21.6 Å². The summed E-state index contributed by atoms with van der Waals surface area (Å²) in [6.07, 6.45) is 6.39. The maximum Gasteiger partial charge on any atom is 0.241 e. The van der Waals surface area contributed by atoms with E-state index in [1.807, 2.05) is 0 Å². The molecule has 2 N–H and O–H groups in total. The van der Waals surface area contributed by atoms with Gasteiger partial charge in [-0.15, -0.1) is 0 Å². The molecule has 0 aromatic heterocycles. The monoisotopic (exact) mass is 352 g/mol. The minimum Gasteiger partial charge on any atom is -0.326 e. The van der Waals surface area contributed by atoms with Crippen molar-refractivity contribution in [2.45, 2.75) is 69.7 Å². The lowest BCUT2D eigenvalue weighted by molar-refractivity contribution is -0.116. The van der Waals surface area contributed by atoms with Crippen LogP contribution in [0.3, 0.4) is 0 Å². The first-order valence-corrected chi connectivity index (χ1v) is 10.1. The molecule has 1 aromatic carbocycles. The standard InChI is InChI=1S/C18H28N2O3S/c1-18(2,3)20-24(22,23)16-10-6-9-15(13-16)19-17(21)12-11-14-7-4-5-8-14/h6,9-10,13-14,20H,4-5,7-8,11-12H2,1-3H3,(H,19,21). The molecule has 0 aliphatic heterocycles. The third-order valence-electron chi connectivity index (χ3n) is 4.12. The van der Waals surface area contributed by atoms with E-state index in [9.17, 15) is 13.2 Å². The number of anilines is 1. The van der Waals surface area contributed by atoms with Crippen molar-refractivity contribution in [3.8, 4) is 0 Å². The van der Waals surface area contributed by atoms with E-state index in [2.05, 4.69) is 10.0 Å². The lowest BCUT2D eigenvalue weighted by atomic mass is 10.0. The second kappa shape index (κ2) is 7.66. The van der Waals surface area contributed by atoms with Crippen LogP contribution in [0.15, 0.2) is 29.2 Å². The smallest absolute Gasteiger partial charge is 0.241 e. The highest BCUT2D eigenvalue weighted by Crippen LogP contribution is 2.28.